The summed E-state index contributed by atoms with van der Waals surface area (Å²) in [6.45, 7) is 1.11. The summed E-state index contributed by atoms with van der Waals surface area (Å²) in [5.74, 6) is -0.855. The van der Waals surface area contributed by atoms with Crippen molar-refractivity contribution in [2.45, 2.75) is 19.6 Å². The molecule has 34 heavy (non-hydrogen) atoms. The zero-order chi connectivity index (χ0) is 23.5. The first-order valence-electron chi connectivity index (χ1n) is 11.0. The Hall–Kier alpha value is -4.52. The molecule has 1 aliphatic heterocycles. The number of hydrogen-bond acceptors (Lipinski definition) is 4. The molecule has 7 nitrogen and oxygen atoms in total. The van der Waals surface area contributed by atoms with Crippen LogP contribution in [0.5, 0.6) is 0 Å². The van der Waals surface area contributed by atoms with E-state index in [4.69, 9.17) is 0 Å². The van der Waals surface area contributed by atoms with Gasteiger partial charge in [-0.05, 0) is 47.0 Å². The van der Waals surface area contributed by atoms with Crippen LogP contribution in [-0.2, 0) is 19.6 Å². The molecule has 0 saturated carbocycles. The van der Waals surface area contributed by atoms with Crippen LogP contribution in [0, 0.1) is 0 Å². The molecule has 2 heterocycles. The summed E-state index contributed by atoms with van der Waals surface area (Å²) in [5, 5.41) is 7.22. The number of benzene rings is 3. The van der Waals surface area contributed by atoms with Crippen LogP contribution in [0.2, 0.25) is 0 Å². The fourth-order valence-corrected chi connectivity index (χ4v) is 4.11. The smallest absolute Gasteiger partial charge is 0.261 e. The third-order valence-electron chi connectivity index (χ3n) is 5.86. The minimum absolute atomic E-state index is 0.111. The molecule has 0 spiro atoms. The fourth-order valence-electron chi connectivity index (χ4n) is 4.11. The van der Waals surface area contributed by atoms with E-state index in [1.54, 1.807) is 54.7 Å². The number of carbonyl (C=O) groups is 3. The normalized spacial score (nSPS) is 12.6. The lowest BCUT2D eigenvalue weighted by Gasteiger charge is -2.15. The molecule has 1 aromatic heterocycles. The molecule has 4 aromatic rings. The van der Waals surface area contributed by atoms with Crippen LogP contribution >= 0.6 is 0 Å². The summed E-state index contributed by atoms with van der Waals surface area (Å²) in [4.78, 5) is 39.4. The van der Waals surface area contributed by atoms with Crippen molar-refractivity contribution in [2.24, 2.45) is 0 Å². The highest BCUT2D eigenvalue weighted by atomic mass is 16.2. The van der Waals surface area contributed by atoms with Crippen molar-refractivity contribution in [3.05, 3.63) is 125 Å². The largest absolute Gasteiger partial charge is 0.348 e. The number of imide groups is 1. The van der Waals surface area contributed by atoms with Crippen molar-refractivity contribution in [3.63, 3.8) is 0 Å². The molecule has 1 aliphatic rings. The van der Waals surface area contributed by atoms with Crippen molar-refractivity contribution >= 4 is 17.7 Å². The van der Waals surface area contributed by atoms with Crippen LogP contribution in [0.4, 0.5) is 0 Å². The average molecular weight is 450 g/mol. The molecule has 0 radical (unpaired) electrons. The second-order valence-electron chi connectivity index (χ2n) is 8.10. The first-order valence-corrected chi connectivity index (χ1v) is 11.0. The molecule has 0 bridgehead atoms. The third-order valence-corrected chi connectivity index (χ3v) is 5.86. The molecule has 0 atom stereocenters. The zero-order valence-corrected chi connectivity index (χ0v) is 18.3. The van der Waals surface area contributed by atoms with Gasteiger partial charge in [0, 0.05) is 24.5 Å². The lowest BCUT2D eigenvalue weighted by Crippen LogP contribution is -2.29. The lowest BCUT2D eigenvalue weighted by molar-refractivity contribution is 0.0642. The Balaban J connectivity index is 1.26. The second-order valence-corrected chi connectivity index (χ2v) is 8.10. The van der Waals surface area contributed by atoms with Crippen LogP contribution < -0.4 is 5.32 Å². The van der Waals surface area contributed by atoms with Gasteiger partial charge in [-0.25, -0.2) is 0 Å². The van der Waals surface area contributed by atoms with Gasteiger partial charge >= 0.3 is 0 Å². The van der Waals surface area contributed by atoms with Crippen molar-refractivity contribution in [1.29, 1.82) is 0 Å². The number of nitrogens with zero attached hydrogens (tertiary/aromatic N) is 3. The van der Waals surface area contributed by atoms with Crippen molar-refractivity contribution in [3.8, 4) is 0 Å². The van der Waals surface area contributed by atoms with Crippen LogP contribution in [0.25, 0.3) is 0 Å². The number of amides is 3. The van der Waals surface area contributed by atoms with Gasteiger partial charge in [0.2, 0.25) is 0 Å². The summed E-state index contributed by atoms with van der Waals surface area (Å²) in [6.07, 6.45) is 3.63. The molecular formula is C27H22N4O3. The molecule has 7 heteroatoms. The van der Waals surface area contributed by atoms with Gasteiger partial charge in [0.1, 0.15) is 0 Å². The standard InChI is InChI=1S/C27H22N4O3/c32-25(28-16-21-8-1-2-9-22(21)18-30-14-6-13-29-30)20-10-5-7-19(15-20)17-31-26(33)23-11-3-4-12-24(23)27(31)34/h1-15H,16-18H2,(H,28,32). The number of fused-ring (bicyclic) bond motifs is 1. The predicted octanol–water partition coefficient (Wildman–Crippen LogP) is 3.66. The fraction of sp³-hybridized carbons (Fsp3) is 0.111. The van der Waals surface area contributed by atoms with E-state index in [1.807, 2.05) is 41.2 Å². The van der Waals surface area contributed by atoms with E-state index in [0.717, 1.165) is 11.1 Å². The summed E-state index contributed by atoms with van der Waals surface area (Å²) in [7, 11) is 0. The second kappa shape index (κ2) is 9.15. The van der Waals surface area contributed by atoms with Crippen LogP contribution in [-0.4, -0.2) is 32.4 Å². The van der Waals surface area contributed by atoms with Crippen LogP contribution in [0.1, 0.15) is 47.8 Å². The highest BCUT2D eigenvalue weighted by Gasteiger charge is 2.34. The topological polar surface area (TPSA) is 84.3 Å². The van der Waals surface area contributed by atoms with E-state index in [0.29, 0.717) is 35.3 Å². The molecule has 0 saturated heterocycles. The summed E-state index contributed by atoms with van der Waals surface area (Å²) in [6, 6.07) is 23.6. The van der Waals surface area contributed by atoms with E-state index in [1.165, 1.54) is 4.90 Å². The van der Waals surface area contributed by atoms with E-state index in [-0.39, 0.29) is 24.3 Å². The predicted molar refractivity (Wildman–Crippen MR) is 126 cm³/mol. The van der Waals surface area contributed by atoms with Crippen molar-refractivity contribution in [1.82, 2.24) is 20.0 Å². The van der Waals surface area contributed by atoms with E-state index >= 15 is 0 Å². The molecular weight excluding hydrogens is 428 g/mol. The number of hydrogen-bond donors (Lipinski definition) is 1. The molecule has 3 aromatic carbocycles. The molecule has 0 fully saturated rings. The molecule has 1 N–H and O–H groups in total. The van der Waals surface area contributed by atoms with Crippen molar-refractivity contribution < 1.29 is 14.4 Å². The Labute approximate surface area is 196 Å². The molecule has 0 unspecified atom stereocenters. The van der Waals surface area contributed by atoms with Gasteiger partial charge in [-0.1, -0.05) is 48.5 Å². The maximum atomic E-state index is 12.9. The maximum Gasteiger partial charge on any atom is 0.261 e. The molecule has 0 aliphatic carbocycles. The summed E-state index contributed by atoms with van der Waals surface area (Å²) in [5.41, 5.74) is 4.09. The minimum Gasteiger partial charge on any atom is -0.348 e. The Kier molecular flexibility index (Phi) is 5.74. The summed E-state index contributed by atoms with van der Waals surface area (Å²) >= 11 is 0. The van der Waals surface area contributed by atoms with Gasteiger partial charge in [-0.15, -0.1) is 0 Å². The maximum absolute atomic E-state index is 12.9. The van der Waals surface area contributed by atoms with Crippen LogP contribution in [0.15, 0.2) is 91.3 Å². The highest BCUT2D eigenvalue weighted by Crippen LogP contribution is 2.24. The van der Waals surface area contributed by atoms with Crippen molar-refractivity contribution in [2.75, 3.05) is 0 Å². The van der Waals surface area contributed by atoms with Gasteiger partial charge in [0.15, 0.2) is 0 Å². The lowest BCUT2D eigenvalue weighted by atomic mass is 10.1. The number of aromatic nitrogens is 2. The van der Waals surface area contributed by atoms with E-state index < -0.39 is 0 Å². The number of nitrogens with one attached hydrogen (secondary N) is 1. The average Bonchev–Trinajstić information content (AvgIpc) is 3.46. The van der Waals surface area contributed by atoms with Gasteiger partial charge in [-0.2, -0.15) is 5.10 Å². The first-order chi connectivity index (χ1) is 16.6. The minimum atomic E-state index is -0.316. The molecule has 168 valence electrons. The molecule has 3 amide bonds. The van der Waals surface area contributed by atoms with Gasteiger partial charge < -0.3 is 5.32 Å². The summed E-state index contributed by atoms with van der Waals surface area (Å²) < 4.78 is 1.84. The van der Waals surface area contributed by atoms with E-state index in [9.17, 15) is 14.4 Å². The Morgan fingerprint density at radius 1 is 0.794 bits per heavy atom. The number of rotatable bonds is 7. The Bertz CT molecular complexity index is 1340. The quantitative estimate of drug-likeness (QED) is 0.436. The zero-order valence-electron chi connectivity index (χ0n) is 18.3. The Morgan fingerprint density at radius 3 is 2.21 bits per heavy atom. The van der Waals surface area contributed by atoms with Gasteiger partial charge in [0.25, 0.3) is 17.7 Å². The molecule has 5 rings (SSSR count). The van der Waals surface area contributed by atoms with Gasteiger partial charge in [0.05, 0.1) is 24.2 Å². The monoisotopic (exact) mass is 450 g/mol. The van der Waals surface area contributed by atoms with Gasteiger partial charge in [-0.3, -0.25) is 24.0 Å². The highest BCUT2D eigenvalue weighted by molar-refractivity contribution is 6.21. The first kappa shape index (κ1) is 21.3. The van der Waals surface area contributed by atoms with Crippen LogP contribution in [0.3, 0.4) is 0 Å². The Morgan fingerprint density at radius 2 is 1.50 bits per heavy atom. The third kappa shape index (κ3) is 4.23. The number of carbonyl (C=O) groups excluding carboxylic acids is 3. The SMILES string of the molecule is O=C(NCc1ccccc1Cn1cccn1)c1cccc(CN2C(=O)c3ccccc3C2=O)c1. The van der Waals surface area contributed by atoms with E-state index in [2.05, 4.69) is 10.4 Å².